The fourth-order valence-corrected chi connectivity index (χ4v) is 1.45. The molecule has 5 heteroatoms. The molecule has 0 rings (SSSR count). The highest BCUT2D eigenvalue weighted by Crippen LogP contribution is 2.18. The van der Waals surface area contributed by atoms with Crippen LogP contribution in [0.15, 0.2) is 0 Å². The van der Waals surface area contributed by atoms with Gasteiger partial charge in [0, 0.05) is 12.6 Å². The summed E-state index contributed by atoms with van der Waals surface area (Å²) in [5, 5.41) is 2.77. The van der Waals surface area contributed by atoms with Crippen LogP contribution < -0.4 is 11.1 Å². The molecule has 0 aliphatic carbocycles. The highest BCUT2D eigenvalue weighted by Gasteiger charge is 2.31. The molecule has 0 aliphatic rings. The Labute approximate surface area is 110 Å². The minimum absolute atomic E-state index is 0.0668. The number of likely N-dealkylation sites (N-methyl/N-ethyl adjacent to an activating group) is 1. The Hall–Kier alpha value is -1.10. The van der Waals surface area contributed by atoms with Crippen LogP contribution in [0, 0.1) is 5.41 Å². The Morgan fingerprint density at radius 3 is 2.11 bits per heavy atom. The molecule has 2 amide bonds. The van der Waals surface area contributed by atoms with E-state index in [0.29, 0.717) is 6.54 Å². The van der Waals surface area contributed by atoms with Gasteiger partial charge in [0.2, 0.25) is 11.8 Å². The zero-order chi connectivity index (χ0) is 14.5. The number of amides is 2. The van der Waals surface area contributed by atoms with E-state index in [9.17, 15) is 9.59 Å². The van der Waals surface area contributed by atoms with Gasteiger partial charge in [0.05, 0.1) is 12.6 Å². The second kappa shape index (κ2) is 6.73. The Morgan fingerprint density at radius 2 is 1.78 bits per heavy atom. The standard InChI is InChI=1S/C13H27N3O2/c1-7-16(8-10(17)15-9(2)3)12(18)11(14)13(4,5)6/h9,11H,7-8,14H2,1-6H3,(H,15,17)/t11-/m1/s1. The number of nitrogens with zero attached hydrogens (tertiary/aromatic N) is 1. The van der Waals surface area contributed by atoms with Gasteiger partial charge >= 0.3 is 0 Å². The van der Waals surface area contributed by atoms with Gasteiger partial charge in [-0.1, -0.05) is 20.8 Å². The summed E-state index contributed by atoms with van der Waals surface area (Å²) in [5.41, 5.74) is 5.62. The summed E-state index contributed by atoms with van der Waals surface area (Å²) >= 11 is 0. The van der Waals surface area contributed by atoms with E-state index in [1.807, 2.05) is 41.5 Å². The molecule has 18 heavy (non-hydrogen) atoms. The SMILES string of the molecule is CCN(CC(=O)NC(C)C)C(=O)[C@@H](N)C(C)(C)C. The van der Waals surface area contributed by atoms with Gasteiger partial charge in [-0.15, -0.1) is 0 Å². The van der Waals surface area contributed by atoms with Crippen LogP contribution >= 0.6 is 0 Å². The van der Waals surface area contributed by atoms with Gasteiger partial charge in [0.15, 0.2) is 0 Å². The normalized spacial score (nSPS) is 13.3. The number of hydrogen-bond acceptors (Lipinski definition) is 3. The van der Waals surface area contributed by atoms with Gasteiger partial charge in [-0.05, 0) is 26.2 Å². The molecule has 0 saturated heterocycles. The number of nitrogens with two attached hydrogens (primary N) is 1. The molecule has 106 valence electrons. The molecule has 0 aromatic rings. The lowest BCUT2D eigenvalue weighted by molar-refractivity contribution is -0.138. The van der Waals surface area contributed by atoms with Gasteiger partial charge < -0.3 is 16.0 Å². The maximum Gasteiger partial charge on any atom is 0.240 e. The highest BCUT2D eigenvalue weighted by molar-refractivity contribution is 5.87. The fourth-order valence-electron chi connectivity index (χ4n) is 1.45. The summed E-state index contributed by atoms with van der Waals surface area (Å²) in [4.78, 5) is 25.3. The predicted octanol–water partition coefficient (Wildman–Crippen LogP) is 0.733. The Bertz CT molecular complexity index is 295. The molecule has 0 spiro atoms. The lowest BCUT2D eigenvalue weighted by Crippen LogP contribution is -2.53. The number of carbonyl (C=O) groups excluding carboxylic acids is 2. The van der Waals surface area contributed by atoms with E-state index < -0.39 is 6.04 Å². The predicted molar refractivity (Wildman–Crippen MR) is 73.0 cm³/mol. The van der Waals surface area contributed by atoms with Crippen molar-refractivity contribution >= 4 is 11.8 Å². The Morgan fingerprint density at radius 1 is 1.28 bits per heavy atom. The van der Waals surface area contributed by atoms with Gasteiger partial charge in [0.1, 0.15) is 0 Å². The van der Waals surface area contributed by atoms with E-state index in [-0.39, 0.29) is 29.8 Å². The smallest absolute Gasteiger partial charge is 0.240 e. The van der Waals surface area contributed by atoms with Crippen LogP contribution in [-0.4, -0.2) is 41.9 Å². The molecule has 0 bridgehead atoms. The van der Waals surface area contributed by atoms with Gasteiger partial charge in [-0.25, -0.2) is 0 Å². The number of rotatable bonds is 5. The number of carbonyl (C=O) groups is 2. The molecule has 1 atom stereocenters. The van der Waals surface area contributed by atoms with Gasteiger partial charge in [0.25, 0.3) is 0 Å². The van der Waals surface area contributed by atoms with Crippen molar-refractivity contribution in [3.05, 3.63) is 0 Å². The lowest BCUT2D eigenvalue weighted by Gasteiger charge is -2.31. The van der Waals surface area contributed by atoms with Crippen molar-refractivity contribution in [2.75, 3.05) is 13.1 Å². The third-order valence-corrected chi connectivity index (χ3v) is 2.68. The first-order valence-electron chi connectivity index (χ1n) is 6.43. The van der Waals surface area contributed by atoms with Crippen LogP contribution in [0.5, 0.6) is 0 Å². The van der Waals surface area contributed by atoms with Crippen LogP contribution in [0.2, 0.25) is 0 Å². The minimum atomic E-state index is -0.593. The monoisotopic (exact) mass is 257 g/mol. The molecule has 0 radical (unpaired) electrons. The third-order valence-electron chi connectivity index (χ3n) is 2.68. The van der Waals surface area contributed by atoms with Gasteiger partial charge in [-0.2, -0.15) is 0 Å². The fraction of sp³-hybridized carbons (Fsp3) is 0.846. The van der Waals surface area contributed by atoms with Crippen LogP contribution in [-0.2, 0) is 9.59 Å². The first-order chi connectivity index (χ1) is 8.09. The van der Waals surface area contributed by atoms with Crippen molar-refractivity contribution in [2.45, 2.75) is 53.6 Å². The maximum atomic E-state index is 12.2. The molecule has 0 aromatic carbocycles. The van der Waals surface area contributed by atoms with Crippen molar-refractivity contribution in [3.8, 4) is 0 Å². The van der Waals surface area contributed by atoms with Crippen LogP contribution in [0.25, 0.3) is 0 Å². The van der Waals surface area contributed by atoms with Crippen LogP contribution in [0.3, 0.4) is 0 Å². The first kappa shape index (κ1) is 16.9. The largest absolute Gasteiger partial charge is 0.352 e. The van der Waals surface area contributed by atoms with E-state index in [1.165, 1.54) is 4.90 Å². The van der Waals surface area contributed by atoms with E-state index in [4.69, 9.17) is 5.73 Å². The first-order valence-corrected chi connectivity index (χ1v) is 6.43. The Kier molecular flexibility index (Phi) is 6.32. The van der Waals surface area contributed by atoms with E-state index >= 15 is 0 Å². The summed E-state index contributed by atoms with van der Waals surface area (Å²) in [6.45, 7) is 11.9. The average molecular weight is 257 g/mol. The lowest BCUT2D eigenvalue weighted by atomic mass is 9.86. The molecule has 0 saturated carbocycles. The number of hydrogen-bond donors (Lipinski definition) is 2. The molecule has 5 nitrogen and oxygen atoms in total. The van der Waals surface area contributed by atoms with Crippen molar-refractivity contribution < 1.29 is 9.59 Å². The molecule has 0 fully saturated rings. The zero-order valence-electron chi connectivity index (χ0n) is 12.4. The molecule has 0 unspecified atom stereocenters. The van der Waals surface area contributed by atoms with E-state index in [0.717, 1.165) is 0 Å². The quantitative estimate of drug-likeness (QED) is 0.762. The van der Waals surface area contributed by atoms with E-state index in [1.54, 1.807) is 0 Å². The topological polar surface area (TPSA) is 75.4 Å². The zero-order valence-corrected chi connectivity index (χ0v) is 12.4. The highest BCUT2D eigenvalue weighted by atomic mass is 16.2. The third kappa shape index (κ3) is 5.49. The summed E-state index contributed by atoms with van der Waals surface area (Å²) in [7, 11) is 0. The molecular formula is C13H27N3O2. The Balaban J connectivity index is 4.59. The summed E-state index contributed by atoms with van der Waals surface area (Å²) in [6.07, 6.45) is 0. The summed E-state index contributed by atoms with van der Waals surface area (Å²) in [6, 6.07) is -0.521. The second-order valence-electron chi connectivity index (χ2n) is 5.92. The number of nitrogens with one attached hydrogen (secondary N) is 1. The van der Waals surface area contributed by atoms with Crippen LogP contribution in [0.1, 0.15) is 41.5 Å². The van der Waals surface area contributed by atoms with Crippen molar-refractivity contribution in [3.63, 3.8) is 0 Å². The van der Waals surface area contributed by atoms with Gasteiger partial charge in [-0.3, -0.25) is 9.59 Å². The molecular weight excluding hydrogens is 230 g/mol. The van der Waals surface area contributed by atoms with Crippen LogP contribution in [0.4, 0.5) is 0 Å². The minimum Gasteiger partial charge on any atom is -0.352 e. The molecule has 0 heterocycles. The average Bonchev–Trinajstić information content (AvgIpc) is 2.21. The van der Waals surface area contributed by atoms with E-state index in [2.05, 4.69) is 5.32 Å². The maximum absolute atomic E-state index is 12.2. The summed E-state index contributed by atoms with van der Waals surface area (Å²) in [5.74, 6) is -0.329. The van der Waals surface area contributed by atoms with Crippen molar-refractivity contribution in [1.29, 1.82) is 0 Å². The molecule has 3 N–H and O–H groups in total. The van der Waals surface area contributed by atoms with Crippen molar-refractivity contribution in [2.24, 2.45) is 11.1 Å². The summed E-state index contributed by atoms with van der Waals surface area (Å²) < 4.78 is 0. The molecule has 0 aliphatic heterocycles. The second-order valence-corrected chi connectivity index (χ2v) is 5.92. The van der Waals surface area contributed by atoms with Crippen molar-refractivity contribution in [1.82, 2.24) is 10.2 Å². The molecule has 0 aromatic heterocycles.